The van der Waals surface area contributed by atoms with Crippen molar-refractivity contribution in [1.29, 1.82) is 0 Å². The van der Waals surface area contributed by atoms with Gasteiger partial charge in [-0.15, -0.1) is 0 Å². The van der Waals surface area contributed by atoms with Gasteiger partial charge in [-0.2, -0.15) is 0 Å². The van der Waals surface area contributed by atoms with Crippen molar-refractivity contribution in [2.45, 2.75) is 51.5 Å². The summed E-state index contributed by atoms with van der Waals surface area (Å²) >= 11 is 0. The zero-order valence-electron chi connectivity index (χ0n) is 17.2. The van der Waals surface area contributed by atoms with Crippen molar-refractivity contribution in [3.05, 3.63) is 29.3 Å². The Morgan fingerprint density at radius 1 is 1.19 bits per heavy atom. The first-order valence-electron chi connectivity index (χ1n) is 10.4. The third-order valence-corrected chi connectivity index (χ3v) is 6.45. The number of anilines is 1. The maximum absolute atomic E-state index is 12.7. The molecule has 1 N–H and O–H groups in total. The third-order valence-electron chi connectivity index (χ3n) is 6.45. The molecule has 0 bridgehead atoms. The first-order valence-corrected chi connectivity index (χ1v) is 10.4. The minimum Gasteiger partial charge on any atom is -0.379 e. The normalized spacial score (nSPS) is 20.3. The van der Waals surface area contributed by atoms with Crippen LogP contribution in [-0.4, -0.2) is 62.8 Å². The molecule has 1 aromatic carbocycles. The predicted octanol–water partition coefficient (Wildman–Crippen LogP) is 2.89. The van der Waals surface area contributed by atoms with Gasteiger partial charge in [0, 0.05) is 37.9 Å². The Morgan fingerprint density at radius 2 is 1.89 bits per heavy atom. The Kier molecular flexibility index (Phi) is 6.77. The van der Waals surface area contributed by atoms with Gasteiger partial charge in [0.1, 0.15) is 0 Å². The first-order chi connectivity index (χ1) is 13.0. The molecule has 150 valence electrons. The molecule has 5 heteroatoms. The van der Waals surface area contributed by atoms with E-state index in [0.717, 1.165) is 38.5 Å². The zero-order valence-corrected chi connectivity index (χ0v) is 17.2. The smallest absolute Gasteiger partial charge is 0.239 e. The van der Waals surface area contributed by atoms with Gasteiger partial charge in [-0.1, -0.05) is 31.4 Å². The summed E-state index contributed by atoms with van der Waals surface area (Å²) in [6.45, 7) is 8.97. The molecule has 1 aliphatic carbocycles. The van der Waals surface area contributed by atoms with Gasteiger partial charge in [0.05, 0.1) is 19.8 Å². The summed E-state index contributed by atoms with van der Waals surface area (Å²) in [7, 11) is 2.00. The average molecular weight is 374 g/mol. The Bertz CT molecular complexity index is 634. The number of nitrogens with one attached hydrogen (secondary N) is 1. The zero-order chi connectivity index (χ0) is 19.3. The van der Waals surface area contributed by atoms with Crippen LogP contribution in [0.3, 0.4) is 0 Å². The molecule has 0 atom stereocenters. The lowest BCUT2D eigenvalue weighted by atomic mass is 9.79. The minimum absolute atomic E-state index is 0.108. The number of nitrogens with zero attached hydrogens (tertiary/aromatic N) is 2. The highest BCUT2D eigenvalue weighted by molar-refractivity contribution is 5.81. The second-order valence-corrected chi connectivity index (χ2v) is 8.24. The molecule has 1 aliphatic heterocycles. The molecule has 0 unspecified atom stereocenters. The number of carbonyl (C=O) groups excluding carboxylic acids is 1. The van der Waals surface area contributed by atoms with Crippen LogP contribution in [0, 0.1) is 13.8 Å². The molecule has 2 fully saturated rings. The number of likely N-dealkylation sites (N-methyl/N-ethyl adjacent to an activating group) is 1. The number of amides is 1. The largest absolute Gasteiger partial charge is 0.379 e. The van der Waals surface area contributed by atoms with Crippen LogP contribution in [-0.2, 0) is 9.53 Å². The first kappa shape index (κ1) is 20.2. The van der Waals surface area contributed by atoms with Crippen LogP contribution < -0.4 is 10.2 Å². The Labute approximate surface area is 164 Å². The Balaban J connectivity index is 1.59. The topological polar surface area (TPSA) is 44.8 Å². The van der Waals surface area contributed by atoms with Crippen molar-refractivity contribution >= 4 is 11.6 Å². The fourth-order valence-corrected chi connectivity index (χ4v) is 4.62. The van der Waals surface area contributed by atoms with E-state index in [0.29, 0.717) is 6.54 Å². The Morgan fingerprint density at radius 3 is 2.59 bits per heavy atom. The van der Waals surface area contributed by atoms with E-state index in [4.69, 9.17) is 4.74 Å². The van der Waals surface area contributed by atoms with E-state index in [1.807, 2.05) is 7.05 Å². The molecule has 1 aromatic rings. The fraction of sp³-hybridized carbons (Fsp3) is 0.682. The van der Waals surface area contributed by atoms with Crippen molar-refractivity contribution in [2.24, 2.45) is 0 Å². The molecular formula is C22H35N3O2. The van der Waals surface area contributed by atoms with Crippen LogP contribution >= 0.6 is 0 Å². The van der Waals surface area contributed by atoms with Gasteiger partial charge in [0.15, 0.2) is 0 Å². The minimum atomic E-state index is 0.108. The summed E-state index contributed by atoms with van der Waals surface area (Å²) in [6.07, 6.45) is 6.20. The number of morpholine rings is 1. The second-order valence-electron chi connectivity index (χ2n) is 8.24. The molecule has 1 saturated heterocycles. The van der Waals surface area contributed by atoms with Crippen molar-refractivity contribution in [3.63, 3.8) is 0 Å². The maximum Gasteiger partial charge on any atom is 0.239 e. The van der Waals surface area contributed by atoms with Crippen LogP contribution in [0.1, 0.15) is 43.2 Å². The molecule has 1 saturated carbocycles. The average Bonchev–Trinajstić information content (AvgIpc) is 2.70. The van der Waals surface area contributed by atoms with Gasteiger partial charge in [0.2, 0.25) is 5.91 Å². The standard InChI is InChI=1S/C22H35N3O2/c1-18-8-7-9-20(19(18)2)24(3)16-21(26)23-17-22(10-5-4-6-11-22)25-12-14-27-15-13-25/h7-9H,4-6,10-17H2,1-3H3,(H,23,26). The molecule has 3 rings (SSSR count). The van der Waals surface area contributed by atoms with Gasteiger partial charge < -0.3 is 15.0 Å². The highest BCUT2D eigenvalue weighted by Gasteiger charge is 2.38. The molecule has 0 spiro atoms. The predicted molar refractivity (Wildman–Crippen MR) is 110 cm³/mol. The maximum atomic E-state index is 12.7. The number of hydrogen-bond acceptors (Lipinski definition) is 4. The summed E-state index contributed by atoms with van der Waals surface area (Å²) < 4.78 is 5.55. The van der Waals surface area contributed by atoms with Crippen molar-refractivity contribution in [1.82, 2.24) is 10.2 Å². The van der Waals surface area contributed by atoms with Gasteiger partial charge in [-0.05, 0) is 43.9 Å². The highest BCUT2D eigenvalue weighted by atomic mass is 16.5. The van der Waals surface area contributed by atoms with Crippen molar-refractivity contribution in [2.75, 3.05) is 51.3 Å². The van der Waals surface area contributed by atoms with E-state index in [1.54, 1.807) is 0 Å². The molecule has 0 radical (unpaired) electrons. The van der Waals surface area contributed by atoms with Crippen LogP contribution in [0.15, 0.2) is 18.2 Å². The number of rotatable bonds is 6. The van der Waals surface area contributed by atoms with Crippen LogP contribution in [0.5, 0.6) is 0 Å². The number of ether oxygens (including phenoxy) is 1. The number of benzene rings is 1. The van der Waals surface area contributed by atoms with E-state index in [-0.39, 0.29) is 11.4 Å². The van der Waals surface area contributed by atoms with Crippen molar-refractivity contribution < 1.29 is 9.53 Å². The third kappa shape index (κ3) is 4.82. The van der Waals surface area contributed by atoms with Gasteiger partial charge in [0.25, 0.3) is 0 Å². The van der Waals surface area contributed by atoms with E-state index in [1.165, 1.54) is 43.2 Å². The molecular weight excluding hydrogens is 338 g/mol. The lowest BCUT2D eigenvalue weighted by Crippen LogP contribution is -2.60. The number of carbonyl (C=O) groups is 1. The van der Waals surface area contributed by atoms with Crippen LogP contribution in [0.4, 0.5) is 5.69 Å². The van der Waals surface area contributed by atoms with E-state index in [9.17, 15) is 4.79 Å². The van der Waals surface area contributed by atoms with Crippen LogP contribution in [0.2, 0.25) is 0 Å². The molecule has 1 heterocycles. The molecule has 0 aromatic heterocycles. The summed E-state index contributed by atoms with van der Waals surface area (Å²) in [5.41, 5.74) is 3.75. The second kappa shape index (κ2) is 9.07. The SMILES string of the molecule is Cc1cccc(N(C)CC(=O)NCC2(N3CCOCC3)CCCCC2)c1C. The quantitative estimate of drug-likeness (QED) is 0.833. The van der Waals surface area contributed by atoms with Gasteiger partial charge >= 0.3 is 0 Å². The monoisotopic (exact) mass is 373 g/mol. The summed E-state index contributed by atoms with van der Waals surface area (Å²) in [4.78, 5) is 17.3. The molecule has 1 amide bonds. The summed E-state index contributed by atoms with van der Waals surface area (Å²) in [6, 6.07) is 6.26. The lowest BCUT2D eigenvalue weighted by Gasteiger charge is -2.48. The number of hydrogen-bond donors (Lipinski definition) is 1. The lowest BCUT2D eigenvalue weighted by molar-refractivity contribution is -0.121. The summed E-state index contributed by atoms with van der Waals surface area (Å²) in [5, 5.41) is 3.26. The molecule has 2 aliphatic rings. The van der Waals surface area contributed by atoms with E-state index >= 15 is 0 Å². The number of aryl methyl sites for hydroxylation is 1. The Hall–Kier alpha value is -1.59. The molecule has 5 nitrogen and oxygen atoms in total. The highest BCUT2D eigenvalue weighted by Crippen LogP contribution is 2.33. The van der Waals surface area contributed by atoms with Gasteiger partial charge in [-0.25, -0.2) is 0 Å². The van der Waals surface area contributed by atoms with Gasteiger partial charge in [-0.3, -0.25) is 9.69 Å². The van der Waals surface area contributed by atoms with E-state index in [2.05, 4.69) is 47.2 Å². The molecule has 27 heavy (non-hydrogen) atoms. The van der Waals surface area contributed by atoms with Crippen LogP contribution in [0.25, 0.3) is 0 Å². The van der Waals surface area contributed by atoms with E-state index < -0.39 is 0 Å². The van der Waals surface area contributed by atoms with Crippen molar-refractivity contribution in [3.8, 4) is 0 Å². The fourth-order valence-electron chi connectivity index (χ4n) is 4.62. The summed E-state index contributed by atoms with van der Waals surface area (Å²) in [5.74, 6) is 0.108.